The number of fused-ring (bicyclic) bond motifs is 1. The Bertz CT molecular complexity index is 861. The van der Waals surface area contributed by atoms with E-state index >= 15 is 0 Å². The van der Waals surface area contributed by atoms with Gasteiger partial charge in [0.2, 0.25) is 0 Å². The van der Waals surface area contributed by atoms with Gasteiger partial charge in [-0.2, -0.15) is 4.89 Å². The Kier molecular flexibility index (Phi) is 4.70. The summed E-state index contributed by atoms with van der Waals surface area (Å²) in [6, 6.07) is 12.9. The summed E-state index contributed by atoms with van der Waals surface area (Å²) in [6.45, 7) is 4.40. The molecule has 26 heavy (non-hydrogen) atoms. The van der Waals surface area contributed by atoms with E-state index in [-0.39, 0.29) is 17.1 Å². The third-order valence-corrected chi connectivity index (χ3v) is 4.97. The highest BCUT2D eigenvalue weighted by molar-refractivity contribution is 5.68. The lowest BCUT2D eigenvalue weighted by atomic mass is 9.80. The van der Waals surface area contributed by atoms with Crippen molar-refractivity contribution in [1.82, 2.24) is 0 Å². The highest BCUT2D eigenvalue weighted by Crippen LogP contribution is 2.44. The molecule has 1 heterocycles. The third-order valence-electron chi connectivity index (χ3n) is 4.97. The van der Waals surface area contributed by atoms with Crippen LogP contribution in [-0.4, -0.2) is 25.1 Å². The van der Waals surface area contributed by atoms with Gasteiger partial charge in [0.15, 0.2) is 5.75 Å². The smallest absolute Gasteiger partial charge is 0.270 e. The molecule has 0 aromatic heterocycles. The van der Waals surface area contributed by atoms with Gasteiger partial charge in [0.1, 0.15) is 0 Å². The zero-order chi connectivity index (χ0) is 18.9. The molecule has 0 saturated carbocycles. The van der Waals surface area contributed by atoms with Crippen molar-refractivity contribution in [3.05, 3.63) is 69.8 Å². The molecule has 0 fully saturated rings. The average molecular weight is 354 g/mol. The molecule has 1 unspecified atom stereocenters. The van der Waals surface area contributed by atoms with Crippen LogP contribution >= 0.6 is 0 Å². The zero-order valence-electron chi connectivity index (χ0n) is 15.3. The van der Waals surface area contributed by atoms with Crippen molar-refractivity contribution >= 4 is 17.5 Å². The van der Waals surface area contributed by atoms with Crippen LogP contribution in [0.3, 0.4) is 0 Å². The first-order valence-electron chi connectivity index (χ1n) is 8.36. The molecule has 0 spiro atoms. The maximum atomic E-state index is 11.1. The van der Waals surface area contributed by atoms with Gasteiger partial charge in [-0.15, -0.1) is 0 Å². The van der Waals surface area contributed by atoms with Crippen molar-refractivity contribution in [3.63, 3.8) is 0 Å². The van der Waals surface area contributed by atoms with E-state index in [0.717, 1.165) is 0 Å². The number of nitrogens with zero attached hydrogens (tertiary/aromatic N) is 2. The number of nitro benzene ring substituents is 1. The summed E-state index contributed by atoms with van der Waals surface area (Å²) in [5.41, 5.74) is 2.99. The van der Waals surface area contributed by atoms with Crippen LogP contribution in [0.1, 0.15) is 25.0 Å². The van der Waals surface area contributed by atoms with E-state index < -0.39 is 4.92 Å². The van der Waals surface area contributed by atoms with Crippen LogP contribution < -0.4 is 9.79 Å². The molecule has 0 saturated heterocycles. The number of non-ortho nitro benzene ring substituents is 1. The van der Waals surface area contributed by atoms with Gasteiger partial charge in [0.25, 0.3) is 5.69 Å². The van der Waals surface area contributed by atoms with E-state index in [9.17, 15) is 10.1 Å². The summed E-state index contributed by atoms with van der Waals surface area (Å²) in [6.07, 6.45) is 3.91. The molecule has 2 aromatic rings. The maximum Gasteiger partial charge on any atom is 0.270 e. The number of hydrogen-bond acceptors (Lipinski definition) is 5. The van der Waals surface area contributed by atoms with Crippen LogP contribution in [0.2, 0.25) is 0 Å². The number of rotatable bonds is 5. The summed E-state index contributed by atoms with van der Waals surface area (Å²) in [4.78, 5) is 22.8. The second-order valence-electron chi connectivity index (χ2n) is 6.88. The van der Waals surface area contributed by atoms with Crippen LogP contribution in [0.15, 0.2) is 48.5 Å². The fourth-order valence-electron chi connectivity index (χ4n) is 3.63. The Hall–Kier alpha value is -2.86. The van der Waals surface area contributed by atoms with Crippen molar-refractivity contribution in [2.24, 2.45) is 0 Å². The Morgan fingerprint density at radius 3 is 2.62 bits per heavy atom. The van der Waals surface area contributed by atoms with Crippen LogP contribution in [0.5, 0.6) is 5.75 Å². The van der Waals surface area contributed by atoms with Crippen molar-refractivity contribution < 1.29 is 14.7 Å². The molecule has 136 valence electrons. The Labute approximate surface area is 152 Å². The topological polar surface area (TPSA) is 64.8 Å². The van der Waals surface area contributed by atoms with Crippen molar-refractivity contribution in [2.45, 2.75) is 25.3 Å². The van der Waals surface area contributed by atoms with Gasteiger partial charge >= 0.3 is 0 Å². The number of nitro groups is 1. The van der Waals surface area contributed by atoms with E-state index in [1.165, 1.54) is 30.5 Å². The minimum atomic E-state index is -0.421. The maximum absolute atomic E-state index is 11.1. The van der Waals surface area contributed by atoms with Gasteiger partial charge in [-0.25, -0.2) is 0 Å². The van der Waals surface area contributed by atoms with E-state index in [1.54, 1.807) is 6.07 Å². The summed E-state index contributed by atoms with van der Waals surface area (Å²) >= 11 is 0. The largest absolute Gasteiger partial charge is 0.367 e. The minimum absolute atomic E-state index is 0.00965. The number of para-hydroxylation sites is 1. The van der Waals surface area contributed by atoms with Crippen LogP contribution in [0, 0.1) is 10.1 Å². The van der Waals surface area contributed by atoms with E-state index in [1.807, 2.05) is 18.2 Å². The van der Waals surface area contributed by atoms with Crippen LogP contribution in [-0.2, 0) is 10.3 Å². The number of hydrogen-bond donors (Lipinski definition) is 0. The monoisotopic (exact) mass is 354 g/mol. The first-order valence-corrected chi connectivity index (χ1v) is 8.36. The van der Waals surface area contributed by atoms with Gasteiger partial charge < -0.3 is 9.79 Å². The molecule has 6 nitrogen and oxygen atoms in total. The van der Waals surface area contributed by atoms with E-state index in [0.29, 0.717) is 11.3 Å². The number of benzene rings is 2. The van der Waals surface area contributed by atoms with Gasteiger partial charge in [0, 0.05) is 35.8 Å². The second kappa shape index (κ2) is 6.80. The molecule has 0 aliphatic carbocycles. The molecule has 0 amide bonds. The normalized spacial score (nSPS) is 18.2. The van der Waals surface area contributed by atoms with Crippen molar-refractivity contribution in [2.75, 3.05) is 19.1 Å². The summed E-state index contributed by atoms with van der Waals surface area (Å²) in [5, 5.41) is 11.1. The number of anilines is 1. The predicted molar refractivity (Wildman–Crippen MR) is 101 cm³/mol. The lowest BCUT2D eigenvalue weighted by Gasteiger charge is -2.29. The van der Waals surface area contributed by atoms with E-state index in [4.69, 9.17) is 9.78 Å². The third kappa shape index (κ3) is 3.04. The first kappa shape index (κ1) is 17.9. The molecule has 0 radical (unpaired) electrons. The molecule has 0 N–H and O–H groups in total. The quantitative estimate of drug-likeness (QED) is 0.454. The van der Waals surface area contributed by atoms with Gasteiger partial charge in [-0.1, -0.05) is 44.2 Å². The van der Waals surface area contributed by atoms with Crippen molar-refractivity contribution in [3.8, 4) is 5.75 Å². The summed E-state index contributed by atoms with van der Waals surface area (Å²) in [5.74, 6) is 0.435. The lowest BCUT2D eigenvalue weighted by molar-refractivity contribution is -0.384. The molecule has 6 heteroatoms. The van der Waals surface area contributed by atoms with E-state index in [2.05, 4.69) is 44.0 Å². The Morgan fingerprint density at radius 1 is 1.23 bits per heavy atom. The summed E-state index contributed by atoms with van der Waals surface area (Å²) in [7, 11) is 3.46. The van der Waals surface area contributed by atoms with Crippen molar-refractivity contribution in [1.29, 1.82) is 0 Å². The van der Waals surface area contributed by atoms with Crippen LogP contribution in [0.4, 0.5) is 11.4 Å². The first-order chi connectivity index (χ1) is 12.4. The average Bonchev–Trinajstić information content (AvgIpc) is 2.81. The highest BCUT2D eigenvalue weighted by Gasteiger charge is 2.41. The molecular formula is C20H22N2O4. The Morgan fingerprint density at radius 2 is 1.96 bits per heavy atom. The van der Waals surface area contributed by atoms with Gasteiger partial charge in [-0.3, -0.25) is 10.1 Å². The molecule has 0 bridgehead atoms. The molecule has 2 aromatic carbocycles. The van der Waals surface area contributed by atoms with Gasteiger partial charge in [0.05, 0.1) is 18.1 Å². The molecule has 1 aliphatic heterocycles. The molecule has 1 atom stereocenters. The Balaban J connectivity index is 1.97. The SMILES string of the molecule is COOc1ccc([N+](=O)[O-])cc1/C=C/C1N(C)c2ccccc2C1(C)C. The fourth-order valence-corrected chi connectivity index (χ4v) is 3.63. The zero-order valence-corrected chi connectivity index (χ0v) is 15.3. The summed E-state index contributed by atoms with van der Waals surface area (Å²) < 4.78 is 0. The lowest BCUT2D eigenvalue weighted by Crippen LogP contribution is -2.37. The van der Waals surface area contributed by atoms with Crippen LogP contribution in [0.25, 0.3) is 6.08 Å². The standard InChI is InChI=1S/C20H22N2O4/c1-20(2)16-7-5-6-8-17(16)21(3)19(20)12-9-14-13-15(22(23)24)10-11-18(14)26-25-4/h5-13,19H,1-4H3/b12-9+. The molecule has 1 aliphatic rings. The number of likely N-dealkylation sites (N-methyl/N-ethyl adjacent to an activating group) is 1. The predicted octanol–water partition coefficient (Wildman–Crippen LogP) is 4.34. The minimum Gasteiger partial charge on any atom is -0.367 e. The fraction of sp³-hybridized carbons (Fsp3) is 0.300. The molecular weight excluding hydrogens is 332 g/mol. The molecule has 3 rings (SSSR count). The van der Waals surface area contributed by atoms with Gasteiger partial charge in [-0.05, 0) is 17.7 Å². The second-order valence-corrected chi connectivity index (χ2v) is 6.88. The highest BCUT2D eigenvalue weighted by atomic mass is 17.2.